The van der Waals surface area contributed by atoms with Crippen LogP contribution < -0.4 is 4.90 Å². The SMILES string of the molecule is CCOC(=O)c1ccc(N2CCN(C(=O)c3ccc(Cl)cc3)CC2)nc1. The summed E-state index contributed by atoms with van der Waals surface area (Å²) in [7, 11) is 0. The maximum absolute atomic E-state index is 12.5. The standard InChI is InChI=1S/C19H20ClN3O3/c1-2-26-19(25)15-5-8-17(21-13-15)22-9-11-23(12-10-22)18(24)14-3-6-16(20)7-4-14/h3-8,13H,2,9-12H2,1H3. The molecule has 3 rings (SSSR count). The highest BCUT2D eigenvalue weighted by Gasteiger charge is 2.23. The van der Waals surface area contributed by atoms with Crippen molar-refractivity contribution in [1.82, 2.24) is 9.88 Å². The smallest absolute Gasteiger partial charge is 0.339 e. The molecule has 0 atom stereocenters. The molecule has 0 N–H and O–H groups in total. The maximum Gasteiger partial charge on any atom is 0.339 e. The van der Waals surface area contributed by atoms with Crippen molar-refractivity contribution >= 4 is 29.3 Å². The molecule has 0 saturated carbocycles. The summed E-state index contributed by atoms with van der Waals surface area (Å²) in [6.45, 7) is 4.70. The van der Waals surface area contributed by atoms with Gasteiger partial charge in [0.2, 0.25) is 0 Å². The molecule has 1 aliphatic heterocycles. The Balaban J connectivity index is 1.59. The molecule has 2 aromatic rings. The van der Waals surface area contributed by atoms with Crippen molar-refractivity contribution in [2.45, 2.75) is 6.92 Å². The van der Waals surface area contributed by atoms with E-state index in [1.54, 1.807) is 37.3 Å². The molecular formula is C19H20ClN3O3. The summed E-state index contributed by atoms with van der Waals surface area (Å²) < 4.78 is 4.96. The lowest BCUT2D eigenvalue weighted by molar-refractivity contribution is 0.0525. The Morgan fingerprint density at radius 2 is 1.69 bits per heavy atom. The molecular weight excluding hydrogens is 354 g/mol. The number of amides is 1. The second-order valence-corrected chi connectivity index (χ2v) is 6.35. The minimum Gasteiger partial charge on any atom is -0.462 e. The Bertz CT molecular complexity index is 770. The van der Waals surface area contributed by atoms with E-state index in [4.69, 9.17) is 16.3 Å². The van der Waals surface area contributed by atoms with Crippen molar-refractivity contribution in [3.05, 3.63) is 58.7 Å². The van der Waals surface area contributed by atoms with Gasteiger partial charge in [0.05, 0.1) is 12.2 Å². The van der Waals surface area contributed by atoms with E-state index in [2.05, 4.69) is 9.88 Å². The molecule has 1 aromatic heterocycles. The van der Waals surface area contributed by atoms with Gasteiger partial charge < -0.3 is 14.5 Å². The molecule has 1 fully saturated rings. The van der Waals surface area contributed by atoms with E-state index >= 15 is 0 Å². The van der Waals surface area contributed by atoms with E-state index in [9.17, 15) is 9.59 Å². The largest absolute Gasteiger partial charge is 0.462 e. The maximum atomic E-state index is 12.5. The van der Waals surface area contributed by atoms with Gasteiger partial charge in [-0.15, -0.1) is 0 Å². The number of hydrogen-bond acceptors (Lipinski definition) is 5. The Morgan fingerprint density at radius 1 is 1.04 bits per heavy atom. The molecule has 26 heavy (non-hydrogen) atoms. The minimum absolute atomic E-state index is 0.00642. The molecule has 1 saturated heterocycles. The summed E-state index contributed by atoms with van der Waals surface area (Å²) in [5.41, 5.74) is 1.08. The van der Waals surface area contributed by atoms with Crippen LogP contribution in [0.1, 0.15) is 27.6 Å². The highest BCUT2D eigenvalue weighted by Crippen LogP contribution is 2.17. The molecule has 0 bridgehead atoms. The van der Waals surface area contributed by atoms with Crippen LogP contribution in [0.5, 0.6) is 0 Å². The third kappa shape index (κ3) is 4.14. The molecule has 0 aliphatic carbocycles. The molecule has 136 valence electrons. The third-order valence-corrected chi connectivity index (χ3v) is 4.49. The number of piperazine rings is 1. The first kappa shape index (κ1) is 18.2. The van der Waals surface area contributed by atoms with Crippen LogP contribution in [-0.4, -0.2) is 54.5 Å². The fourth-order valence-corrected chi connectivity index (χ4v) is 2.95. The molecule has 1 aliphatic rings. The highest BCUT2D eigenvalue weighted by molar-refractivity contribution is 6.30. The molecule has 0 unspecified atom stereocenters. The first-order valence-electron chi connectivity index (χ1n) is 8.51. The number of halogens is 1. The summed E-state index contributed by atoms with van der Waals surface area (Å²) in [5.74, 6) is 0.425. The molecule has 7 heteroatoms. The van der Waals surface area contributed by atoms with Gasteiger partial charge in [-0.25, -0.2) is 9.78 Å². The first-order valence-corrected chi connectivity index (χ1v) is 8.89. The van der Waals surface area contributed by atoms with Gasteiger partial charge in [-0.05, 0) is 43.3 Å². The third-order valence-electron chi connectivity index (χ3n) is 4.24. The van der Waals surface area contributed by atoms with Gasteiger partial charge in [0, 0.05) is 43.0 Å². The lowest BCUT2D eigenvalue weighted by Crippen LogP contribution is -2.49. The van der Waals surface area contributed by atoms with Gasteiger partial charge in [0.15, 0.2) is 0 Å². The van der Waals surface area contributed by atoms with Crippen LogP contribution in [0, 0.1) is 0 Å². The predicted octanol–water partition coefficient (Wildman–Crippen LogP) is 2.87. The molecule has 2 heterocycles. The molecule has 1 aromatic carbocycles. The van der Waals surface area contributed by atoms with Gasteiger partial charge >= 0.3 is 5.97 Å². The number of rotatable bonds is 4. The van der Waals surface area contributed by atoms with Crippen LogP contribution in [0.15, 0.2) is 42.6 Å². The van der Waals surface area contributed by atoms with Gasteiger partial charge in [-0.1, -0.05) is 11.6 Å². The summed E-state index contributed by atoms with van der Waals surface area (Å²) in [6.07, 6.45) is 1.53. The fraction of sp³-hybridized carbons (Fsp3) is 0.316. The van der Waals surface area contributed by atoms with Crippen LogP contribution in [0.4, 0.5) is 5.82 Å². The summed E-state index contributed by atoms with van der Waals surface area (Å²) in [4.78, 5) is 32.5. The Hall–Kier alpha value is -2.60. The lowest BCUT2D eigenvalue weighted by Gasteiger charge is -2.35. The van der Waals surface area contributed by atoms with Crippen molar-refractivity contribution in [3.8, 4) is 0 Å². The molecule has 0 spiro atoms. The average Bonchev–Trinajstić information content (AvgIpc) is 2.68. The molecule has 0 radical (unpaired) electrons. The van der Waals surface area contributed by atoms with E-state index in [1.807, 2.05) is 11.0 Å². The van der Waals surface area contributed by atoms with E-state index in [-0.39, 0.29) is 11.9 Å². The summed E-state index contributed by atoms with van der Waals surface area (Å²) in [6, 6.07) is 10.5. The van der Waals surface area contributed by atoms with Crippen LogP contribution in [-0.2, 0) is 4.74 Å². The van der Waals surface area contributed by atoms with Crippen LogP contribution >= 0.6 is 11.6 Å². The zero-order valence-corrected chi connectivity index (χ0v) is 15.3. The predicted molar refractivity (Wildman–Crippen MR) is 99.8 cm³/mol. The second-order valence-electron chi connectivity index (χ2n) is 5.91. The Labute approximate surface area is 157 Å². The number of nitrogens with zero attached hydrogens (tertiary/aromatic N) is 3. The Morgan fingerprint density at radius 3 is 2.27 bits per heavy atom. The van der Waals surface area contributed by atoms with Crippen LogP contribution in [0.3, 0.4) is 0 Å². The van der Waals surface area contributed by atoms with Gasteiger partial charge in [0.25, 0.3) is 5.91 Å². The number of pyridine rings is 1. The Kier molecular flexibility index (Phi) is 5.73. The quantitative estimate of drug-likeness (QED) is 0.771. The van der Waals surface area contributed by atoms with E-state index in [1.165, 1.54) is 6.20 Å². The number of ether oxygens (including phenoxy) is 1. The molecule has 1 amide bonds. The number of anilines is 1. The van der Waals surface area contributed by atoms with Gasteiger partial charge in [-0.3, -0.25) is 4.79 Å². The van der Waals surface area contributed by atoms with Crippen molar-refractivity contribution in [3.63, 3.8) is 0 Å². The van der Waals surface area contributed by atoms with Gasteiger partial charge in [0.1, 0.15) is 5.82 Å². The first-order chi connectivity index (χ1) is 12.6. The normalized spacial score (nSPS) is 14.2. The number of benzene rings is 1. The van der Waals surface area contributed by atoms with E-state index in [0.717, 1.165) is 5.82 Å². The zero-order valence-electron chi connectivity index (χ0n) is 14.5. The van der Waals surface area contributed by atoms with Crippen LogP contribution in [0.25, 0.3) is 0 Å². The zero-order chi connectivity index (χ0) is 18.5. The number of esters is 1. The van der Waals surface area contributed by atoms with Crippen LogP contribution in [0.2, 0.25) is 5.02 Å². The van der Waals surface area contributed by atoms with Crippen molar-refractivity contribution in [2.75, 3.05) is 37.7 Å². The van der Waals surface area contributed by atoms with Gasteiger partial charge in [-0.2, -0.15) is 0 Å². The lowest BCUT2D eigenvalue weighted by atomic mass is 10.2. The fourth-order valence-electron chi connectivity index (χ4n) is 2.82. The minimum atomic E-state index is -0.370. The highest BCUT2D eigenvalue weighted by atomic mass is 35.5. The van der Waals surface area contributed by atoms with Crippen molar-refractivity contribution in [1.29, 1.82) is 0 Å². The van der Waals surface area contributed by atoms with E-state index in [0.29, 0.717) is 48.9 Å². The second kappa shape index (κ2) is 8.19. The summed E-state index contributed by atoms with van der Waals surface area (Å²) >= 11 is 5.87. The van der Waals surface area contributed by atoms with Crippen molar-refractivity contribution in [2.24, 2.45) is 0 Å². The van der Waals surface area contributed by atoms with Crippen molar-refractivity contribution < 1.29 is 14.3 Å². The molecule has 6 nitrogen and oxygen atoms in total. The monoisotopic (exact) mass is 373 g/mol. The number of aromatic nitrogens is 1. The van der Waals surface area contributed by atoms with E-state index < -0.39 is 0 Å². The number of carbonyl (C=O) groups excluding carboxylic acids is 2. The topological polar surface area (TPSA) is 62.7 Å². The average molecular weight is 374 g/mol. The number of carbonyl (C=O) groups is 2. The summed E-state index contributed by atoms with van der Waals surface area (Å²) in [5, 5.41) is 0.615. The number of hydrogen-bond donors (Lipinski definition) is 0.